The van der Waals surface area contributed by atoms with Gasteiger partial charge < -0.3 is 10.2 Å². The highest BCUT2D eigenvalue weighted by Crippen LogP contribution is 2.22. The third kappa shape index (κ3) is 5.57. The first-order valence-electron chi connectivity index (χ1n) is 10.7. The molecule has 3 aromatic rings. The molecule has 7 heteroatoms. The molecule has 0 bridgehead atoms. The molecule has 31 heavy (non-hydrogen) atoms. The summed E-state index contributed by atoms with van der Waals surface area (Å²) in [4.78, 5) is 31.6. The number of carbonyl (C=O) groups is 1. The fourth-order valence-corrected chi connectivity index (χ4v) is 3.90. The number of pyridine rings is 1. The van der Waals surface area contributed by atoms with Crippen molar-refractivity contribution in [3.8, 4) is 0 Å². The molecule has 1 atom stereocenters. The predicted molar refractivity (Wildman–Crippen MR) is 120 cm³/mol. The van der Waals surface area contributed by atoms with Gasteiger partial charge in [-0.1, -0.05) is 36.4 Å². The van der Waals surface area contributed by atoms with Crippen LogP contribution in [-0.2, 0) is 17.8 Å². The topological polar surface area (TPSA) is 80.1 Å². The molecule has 0 saturated carbocycles. The molecule has 1 saturated heterocycles. The number of hydrogen-bond acceptors (Lipinski definition) is 5. The number of anilines is 1. The lowest BCUT2D eigenvalue weighted by molar-refractivity contribution is -0.125. The molecule has 0 unspecified atom stereocenters. The van der Waals surface area contributed by atoms with Crippen molar-refractivity contribution < 1.29 is 4.79 Å². The van der Waals surface area contributed by atoms with E-state index in [9.17, 15) is 9.59 Å². The van der Waals surface area contributed by atoms with Crippen molar-refractivity contribution >= 4 is 11.6 Å². The molecule has 1 amide bonds. The molecule has 1 aromatic carbocycles. The summed E-state index contributed by atoms with van der Waals surface area (Å²) in [5.74, 6) is -0.0322. The molecule has 4 rings (SSSR count). The predicted octanol–water partition coefficient (Wildman–Crippen LogP) is 2.26. The number of rotatable bonds is 7. The molecule has 3 heterocycles. The van der Waals surface area contributed by atoms with Gasteiger partial charge in [0.05, 0.1) is 24.3 Å². The monoisotopic (exact) mass is 417 g/mol. The third-order valence-corrected chi connectivity index (χ3v) is 5.59. The Morgan fingerprint density at radius 3 is 2.74 bits per heavy atom. The van der Waals surface area contributed by atoms with Crippen LogP contribution in [0, 0.1) is 5.92 Å². The van der Waals surface area contributed by atoms with Crippen molar-refractivity contribution in [1.82, 2.24) is 20.1 Å². The van der Waals surface area contributed by atoms with Gasteiger partial charge in [-0.3, -0.25) is 14.6 Å². The lowest BCUT2D eigenvalue weighted by atomic mass is 9.96. The molecule has 2 aromatic heterocycles. The van der Waals surface area contributed by atoms with Gasteiger partial charge in [-0.05, 0) is 30.5 Å². The van der Waals surface area contributed by atoms with Crippen LogP contribution in [0.3, 0.4) is 0 Å². The number of benzene rings is 1. The van der Waals surface area contributed by atoms with Crippen LogP contribution in [0.15, 0.2) is 71.8 Å². The maximum Gasteiger partial charge on any atom is 0.269 e. The van der Waals surface area contributed by atoms with E-state index >= 15 is 0 Å². The second-order valence-electron chi connectivity index (χ2n) is 7.84. The Morgan fingerprint density at radius 2 is 1.97 bits per heavy atom. The summed E-state index contributed by atoms with van der Waals surface area (Å²) in [6.07, 6.45) is 5.96. The largest absolute Gasteiger partial charge is 0.369 e. The zero-order valence-electron chi connectivity index (χ0n) is 17.5. The average molecular weight is 418 g/mol. The van der Waals surface area contributed by atoms with Gasteiger partial charge in [0.1, 0.15) is 0 Å². The minimum atomic E-state index is -0.136. The average Bonchev–Trinajstić information content (AvgIpc) is 2.82. The Kier molecular flexibility index (Phi) is 6.72. The fourth-order valence-electron chi connectivity index (χ4n) is 3.90. The molecule has 0 spiro atoms. The molecule has 1 aliphatic heterocycles. The highest BCUT2D eigenvalue weighted by Gasteiger charge is 2.26. The molecule has 1 fully saturated rings. The minimum Gasteiger partial charge on any atom is -0.369 e. The lowest BCUT2D eigenvalue weighted by Crippen LogP contribution is -2.44. The SMILES string of the molecule is O=C(NCCc1ccccn1)[C@@H]1CCCN(c2cnn(Cc3ccccc3)c(=O)c2)C1. The van der Waals surface area contributed by atoms with Gasteiger partial charge in [0, 0.05) is 44.0 Å². The molecule has 0 aliphatic carbocycles. The summed E-state index contributed by atoms with van der Waals surface area (Å²) in [5, 5.41) is 7.39. The van der Waals surface area contributed by atoms with Crippen LogP contribution in [0.2, 0.25) is 0 Å². The zero-order chi connectivity index (χ0) is 21.5. The highest BCUT2D eigenvalue weighted by atomic mass is 16.2. The Labute approximate surface area is 181 Å². The molecule has 0 radical (unpaired) electrons. The minimum absolute atomic E-state index is 0.0611. The molecule has 1 N–H and O–H groups in total. The summed E-state index contributed by atoms with van der Waals surface area (Å²) in [6, 6.07) is 17.2. The Bertz CT molecular complexity index is 1050. The first kappa shape index (κ1) is 20.8. The van der Waals surface area contributed by atoms with Crippen LogP contribution < -0.4 is 15.8 Å². The van der Waals surface area contributed by atoms with E-state index in [0.717, 1.165) is 36.3 Å². The van der Waals surface area contributed by atoms with Crippen LogP contribution in [0.5, 0.6) is 0 Å². The summed E-state index contributed by atoms with van der Waals surface area (Å²) in [6.45, 7) is 2.44. The van der Waals surface area contributed by atoms with E-state index in [0.29, 0.717) is 26.1 Å². The van der Waals surface area contributed by atoms with Crippen molar-refractivity contribution in [3.05, 3.63) is 88.6 Å². The number of piperidine rings is 1. The standard InChI is InChI=1S/C24H27N5O2/c30-23-15-22(16-27-29(23)17-19-7-2-1-3-8-19)28-14-6-9-20(18-28)24(31)26-13-11-21-10-4-5-12-25-21/h1-5,7-8,10,12,15-16,20H,6,9,11,13-14,17-18H2,(H,26,31)/t20-/m1/s1. The smallest absolute Gasteiger partial charge is 0.269 e. The number of carbonyl (C=O) groups excluding carboxylic acids is 1. The Balaban J connectivity index is 1.34. The van der Waals surface area contributed by atoms with E-state index in [1.54, 1.807) is 18.5 Å². The van der Waals surface area contributed by atoms with Gasteiger partial charge in [0.25, 0.3) is 5.56 Å². The van der Waals surface area contributed by atoms with E-state index in [1.807, 2.05) is 48.5 Å². The normalized spacial score (nSPS) is 16.1. The van der Waals surface area contributed by atoms with Crippen molar-refractivity contribution in [1.29, 1.82) is 0 Å². The summed E-state index contributed by atoms with van der Waals surface area (Å²) in [7, 11) is 0. The van der Waals surface area contributed by atoms with Crippen LogP contribution in [0.25, 0.3) is 0 Å². The Morgan fingerprint density at radius 1 is 1.13 bits per heavy atom. The van der Waals surface area contributed by atoms with Crippen LogP contribution in [-0.4, -0.2) is 40.3 Å². The van der Waals surface area contributed by atoms with Gasteiger partial charge >= 0.3 is 0 Å². The fraction of sp³-hybridized carbons (Fsp3) is 0.333. The van der Waals surface area contributed by atoms with Gasteiger partial charge in [-0.15, -0.1) is 0 Å². The van der Waals surface area contributed by atoms with Crippen molar-refractivity contribution in [2.45, 2.75) is 25.8 Å². The van der Waals surface area contributed by atoms with Crippen LogP contribution >= 0.6 is 0 Å². The first-order chi connectivity index (χ1) is 15.2. The van der Waals surface area contributed by atoms with E-state index < -0.39 is 0 Å². The first-order valence-corrected chi connectivity index (χ1v) is 10.7. The maximum absolute atomic E-state index is 12.6. The molecular weight excluding hydrogens is 390 g/mol. The van der Waals surface area contributed by atoms with Gasteiger partial charge in [0.2, 0.25) is 5.91 Å². The molecule has 7 nitrogen and oxygen atoms in total. The third-order valence-electron chi connectivity index (χ3n) is 5.59. The number of nitrogens with zero attached hydrogens (tertiary/aromatic N) is 4. The van der Waals surface area contributed by atoms with E-state index in [2.05, 4.69) is 20.3 Å². The maximum atomic E-state index is 12.6. The quantitative estimate of drug-likeness (QED) is 0.638. The van der Waals surface area contributed by atoms with E-state index in [-0.39, 0.29) is 17.4 Å². The highest BCUT2D eigenvalue weighted by molar-refractivity contribution is 5.79. The summed E-state index contributed by atoms with van der Waals surface area (Å²) < 4.78 is 1.46. The number of aromatic nitrogens is 3. The lowest BCUT2D eigenvalue weighted by Gasteiger charge is -2.33. The molecular formula is C24H27N5O2. The van der Waals surface area contributed by atoms with Crippen LogP contribution in [0.1, 0.15) is 24.1 Å². The summed E-state index contributed by atoms with van der Waals surface area (Å²) >= 11 is 0. The van der Waals surface area contributed by atoms with Gasteiger partial charge in [0.15, 0.2) is 0 Å². The van der Waals surface area contributed by atoms with Crippen LogP contribution in [0.4, 0.5) is 5.69 Å². The molecule has 160 valence electrons. The van der Waals surface area contributed by atoms with Gasteiger partial charge in [-0.2, -0.15) is 5.10 Å². The van der Waals surface area contributed by atoms with Crippen molar-refractivity contribution in [3.63, 3.8) is 0 Å². The van der Waals surface area contributed by atoms with Crippen molar-refractivity contribution in [2.75, 3.05) is 24.5 Å². The van der Waals surface area contributed by atoms with E-state index in [4.69, 9.17) is 0 Å². The second kappa shape index (κ2) is 10.0. The zero-order valence-corrected chi connectivity index (χ0v) is 17.5. The second-order valence-corrected chi connectivity index (χ2v) is 7.84. The Hall–Kier alpha value is -3.48. The van der Waals surface area contributed by atoms with E-state index in [1.165, 1.54) is 4.68 Å². The molecule has 1 aliphatic rings. The van der Waals surface area contributed by atoms with Crippen molar-refractivity contribution in [2.24, 2.45) is 5.92 Å². The summed E-state index contributed by atoms with van der Waals surface area (Å²) in [5.41, 5.74) is 2.64. The number of nitrogens with one attached hydrogen (secondary N) is 1. The number of hydrogen-bond donors (Lipinski definition) is 1. The number of amides is 1. The van der Waals surface area contributed by atoms with Gasteiger partial charge in [-0.25, -0.2) is 4.68 Å².